The van der Waals surface area contributed by atoms with Crippen LogP contribution < -0.4 is 10.5 Å². The van der Waals surface area contributed by atoms with Gasteiger partial charge in [0, 0.05) is 6.07 Å². The van der Waals surface area contributed by atoms with Crippen LogP contribution >= 0.6 is 0 Å². The van der Waals surface area contributed by atoms with Gasteiger partial charge in [0.25, 0.3) is 0 Å². The van der Waals surface area contributed by atoms with Crippen LogP contribution in [0.15, 0.2) is 24.3 Å². The Morgan fingerprint density at radius 2 is 2.17 bits per heavy atom. The van der Waals surface area contributed by atoms with Crippen LogP contribution in [0.5, 0.6) is 5.75 Å². The highest BCUT2D eigenvalue weighted by molar-refractivity contribution is 5.44. The van der Waals surface area contributed by atoms with E-state index in [2.05, 4.69) is 17.2 Å². The Labute approximate surface area is 107 Å². The Kier molecular flexibility index (Phi) is 3.82. The van der Waals surface area contributed by atoms with Gasteiger partial charge >= 0.3 is 0 Å². The maximum atomic E-state index is 5.84. The summed E-state index contributed by atoms with van der Waals surface area (Å²) in [6.07, 6.45) is 1.86. The third kappa shape index (κ3) is 2.45. The van der Waals surface area contributed by atoms with Gasteiger partial charge in [0.1, 0.15) is 5.75 Å². The second-order valence-corrected chi connectivity index (χ2v) is 4.01. The van der Waals surface area contributed by atoms with Crippen molar-refractivity contribution in [3.63, 3.8) is 0 Å². The number of benzene rings is 1. The molecule has 1 aromatic carbocycles. The van der Waals surface area contributed by atoms with Gasteiger partial charge < -0.3 is 10.5 Å². The first-order valence-corrected chi connectivity index (χ1v) is 6.19. The van der Waals surface area contributed by atoms with Crippen LogP contribution in [0, 0.1) is 0 Å². The third-order valence-electron chi connectivity index (χ3n) is 2.65. The molecule has 0 aliphatic heterocycles. The van der Waals surface area contributed by atoms with Gasteiger partial charge in [-0.15, -0.1) is 5.10 Å². The number of hydrogen-bond donors (Lipinski definition) is 1. The van der Waals surface area contributed by atoms with Gasteiger partial charge in [0.2, 0.25) is 0 Å². The standard InChI is InChI=1S/C13H18N4O/c1-3-6-12-13(14)15-16-17(12)10-7-5-8-11(9-10)18-4-2/h5,7-9H,3-4,6,14H2,1-2H3. The van der Waals surface area contributed by atoms with Crippen LogP contribution in [0.2, 0.25) is 0 Å². The van der Waals surface area contributed by atoms with Gasteiger partial charge in [-0.1, -0.05) is 24.6 Å². The van der Waals surface area contributed by atoms with E-state index in [-0.39, 0.29) is 0 Å². The predicted molar refractivity (Wildman–Crippen MR) is 70.9 cm³/mol. The molecule has 0 saturated carbocycles. The van der Waals surface area contributed by atoms with Gasteiger partial charge in [-0.3, -0.25) is 0 Å². The molecular formula is C13H18N4O. The molecule has 0 fully saturated rings. The molecule has 2 aromatic rings. The molecule has 0 unspecified atom stereocenters. The zero-order chi connectivity index (χ0) is 13.0. The van der Waals surface area contributed by atoms with E-state index >= 15 is 0 Å². The number of nitrogens with two attached hydrogens (primary N) is 1. The summed E-state index contributed by atoms with van der Waals surface area (Å²) in [6.45, 7) is 4.71. The molecule has 0 aliphatic carbocycles. The summed E-state index contributed by atoms with van der Waals surface area (Å²) in [5, 5.41) is 8.03. The molecular weight excluding hydrogens is 228 g/mol. The molecule has 2 N–H and O–H groups in total. The van der Waals surface area contributed by atoms with Crippen molar-refractivity contribution in [2.75, 3.05) is 12.3 Å². The lowest BCUT2D eigenvalue weighted by atomic mass is 10.2. The normalized spacial score (nSPS) is 10.6. The first kappa shape index (κ1) is 12.4. The zero-order valence-electron chi connectivity index (χ0n) is 10.8. The molecule has 0 radical (unpaired) electrons. The number of aromatic nitrogens is 3. The van der Waals surface area contributed by atoms with E-state index in [1.165, 1.54) is 0 Å². The van der Waals surface area contributed by atoms with Crippen molar-refractivity contribution >= 4 is 5.82 Å². The van der Waals surface area contributed by atoms with E-state index in [9.17, 15) is 0 Å². The van der Waals surface area contributed by atoms with Gasteiger partial charge in [-0.2, -0.15) is 0 Å². The van der Waals surface area contributed by atoms with E-state index in [1.54, 1.807) is 4.68 Å². The second kappa shape index (κ2) is 5.53. The Morgan fingerprint density at radius 3 is 2.89 bits per heavy atom. The molecule has 1 heterocycles. The minimum absolute atomic E-state index is 0.499. The average molecular weight is 246 g/mol. The topological polar surface area (TPSA) is 66.0 Å². The van der Waals surface area contributed by atoms with Crippen LogP contribution in [0.25, 0.3) is 5.69 Å². The average Bonchev–Trinajstić information content (AvgIpc) is 2.73. The molecule has 0 atom stereocenters. The van der Waals surface area contributed by atoms with Crippen molar-refractivity contribution in [2.24, 2.45) is 0 Å². The summed E-state index contributed by atoms with van der Waals surface area (Å²) in [4.78, 5) is 0. The highest BCUT2D eigenvalue weighted by atomic mass is 16.5. The number of nitrogen functional groups attached to an aromatic ring is 1. The predicted octanol–water partition coefficient (Wildman–Crippen LogP) is 2.20. The molecule has 0 amide bonds. The van der Waals surface area contributed by atoms with Gasteiger partial charge in [-0.05, 0) is 25.5 Å². The number of rotatable bonds is 5. The van der Waals surface area contributed by atoms with Crippen LogP contribution in [0.1, 0.15) is 26.0 Å². The largest absolute Gasteiger partial charge is 0.494 e. The van der Waals surface area contributed by atoms with Crippen LogP contribution in [-0.4, -0.2) is 21.6 Å². The minimum Gasteiger partial charge on any atom is -0.494 e. The lowest BCUT2D eigenvalue weighted by Gasteiger charge is -2.08. The number of nitrogens with zero attached hydrogens (tertiary/aromatic N) is 3. The van der Waals surface area contributed by atoms with E-state index in [1.807, 2.05) is 31.2 Å². The fraction of sp³-hybridized carbons (Fsp3) is 0.385. The fourth-order valence-corrected chi connectivity index (χ4v) is 1.86. The van der Waals surface area contributed by atoms with Gasteiger partial charge in [-0.25, -0.2) is 4.68 Å². The second-order valence-electron chi connectivity index (χ2n) is 4.01. The summed E-state index contributed by atoms with van der Waals surface area (Å²) in [5.41, 5.74) is 7.71. The van der Waals surface area contributed by atoms with Crippen molar-refractivity contribution in [3.05, 3.63) is 30.0 Å². The van der Waals surface area contributed by atoms with E-state index in [0.29, 0.717) is 12.4 Å². The molecule has 2 rings (SSSR count). The number of ether oxygens (including phenoxy) is 1. The molecule has 1 aromatic heterocycles. The molecule has 0 spiro atoms. The van der Waals surface area contributed by atoms with Crippen molar-refractivity contribution in [1.82, 2.24) is 15.0 Å². The molecule has 5 nitrogen and oxygen atoms in total. The molecule has 0 aliphatic rings. The van der Waals surface area contributed by atoms with Gasteiger partial charge in [0.15, 0.2) is 5.82 Å². The van der Waals surface area contributed by atoms with Crippen LogP contribution in [0.3, 0.4) is 0 Å². The maximum Gasteiger partial charge on any atom is 0.169 e. The lowest BCUT2D eigenvalue weighted by molar-refractivity contribution is 0.340. The van der Waals surface area contributed by atoms with E-state index in [4.69, 9.17) is 10.5 Å². The minimum atomic E-state index is 0.499. The zero-order valence-corrected chi connectivity index (χ0v) is 10.8. The molecule has 96 valence electrons. The Morgan fingerprint density at radius 1 is 1.33 bits per heavy atom. The monoisotopic (exact) mass is 246 g/mol. The van der Waals surface area contributed by atoms with Crippen LogP contribution in [0.4, 0.5) is 5.82 Å². The highest BCUT2D eigenvalue weighted by Gasteiger charge is 2.11. The third-order valence-corrected chi connectivity index (χ3v) is 2.65. The van der Waals surface area contributed by atoms with Crippen molar-refractivity contribution in [1.29, 1.82) is 0 Å². The van der Waals surface area contributed by atoms with Gasteiger partial charge in [0.05, 0.1) is 18.0 Å². The highest BCUT2D eigenvalue weighted by Crippen LogP contribution is 2.20. The Bertz CT molecular complexity index is 521. The summed E-state index contributed by atoms with van der Waals surface area (Å²) >= 11 is 0. The van der Waals surface area contributed by atoms with Crippen LogP contribution in [-0.2, 0) is 6.42 Å². The first-order chi connectivity index (χ1) is 8.76. The molecule has 18 heavy (non-hydrogen) atoms. The van der Waals surface area contributed by atoms with E-state index in [0.717, 1.165) is 30.0 Å². The molecule has 0 saturated heterocycles. The van der Waals surface area contributed by atoms with Crippen molar-refractivity contribution in [3.8, 4) is 11.4 Å². The van der Waals surface area contributed by atoms with Crippen molar-refractivity contribution in [2.45, 2.75) is 26.7 Å². The Balaban J connectivity index is 2.38. The molecule has 0 bridgehead atoms. The number of anilines is 1. The smallest absolute Gasteiger partial charge is 0.169 e. The summed E-state index contributed by atoms with van der Waals surface area (Å²) in [5.74, 6) is 1.32. The molecule has 5 heteroatoms. The quantitative estimate of drug-likeness (QED) is 0.878. The first-order valence-electron chi connectivity index (χ1n) is 6.19. The maximum absolute atomic E-state index is 5.84. The van der Waals surface area contributed by atoms with E-state index < -0.39 is 0 Å². The SMILES string of the molecule is CCCc1c(N)nnn1-c1cccc(OCC)c1. The van der Waals surface area contributed by atoms with Crippen molar-refractivity contribution < 1.29 is 4.74 Å². The summed E-state index contributed by atoms with van der Waals surface area (Å²) in [6, 6.07) is 7.77. The Hall–Kier alpha value is -2.04. The fourth-order valence-electron chi connectivity index (χ4n) is 1.86. The lowest BCUT2D eigenvalue weighted by Crippen LogP contribution is -2.04. The summed E-state index contributed by atoms with van der Waals surface area (Å²) < 4.78 is 7.26. The summed E-state index contributed by atoms with van der Waals surface area (Å²) in [7, 11) is 0. The number of hydrogen-bond acceptors (Lipinski definition) is 4.